The first-order valence-electron chi connectivity index (χ1n) is 14.4. The molecule has 0 aliphatic carbocycles. The van der Waals surface area contributed by atoms with E-state index in [1.807, 2.05) is 69.7 Å². The summed E-state index contributed by atoms with van der Waals surface area (Å²) in [6, 6.07) is 12.3. The third-order valence-corrected chi connectivity index (χ3v) is 8.54. The van der Waals surface area contributed by atoms with Crippen LogP contribution in [0.15, 0.2) is 66.2 Å². The van der Waals surface area contributed by atoms with Crippen LogP contribution in [0.4, 0.5) is 13.2 Å². The molecular formula is C32H43F3N4O6S. The molecule has 0 saturated heterocycles. The third-order valence-electron chi connectivity index (χ3n) is 7.33. The number of amides is 3. The number of likely N-dealkylation sites (N-methyl/N-ethyl adjacent to an activating group) is 2. The van der Waals surface area contributed by atoms with Gasteiger partial charge in [-0.15, -0.1) is 13.2 Å². The van der Waals surface area contributed by atoms with Crippen LogP contribution in [0.2, 0.25) is 0 Å². The molecule has 0 aromatic heterocycles. The summed E-state index contributed by atoms with van der Waals surface area (Å²) in [4.78, 5) is 41.1. The van der Waals surface area contributed by atoms with Gasteiger partial charge in [0.05, 0.1) is 11.8 Å². The molecule has 0 spiro atoms. The average Bonchev–Trinajstić information content (AvgIpc) is 2.92. The Morgan fingerprint density at radius 2 is 1.57 bits per heavy atom. The van der Waals surface area contributed by atoms with Gasteiger partial charge in [0.25, 0.3) is 5.91 Å². The van der Waals surface area contributed by atoms with Crippen molar-refractivity contribution < 1.29 is 40.7 Å². The van der Waals surface area contributed by atoms with Crippen molar-refractivity contribution in [2.75, 3.05) is 20.6 Å². The fourth-order valence-corrected chi connectivity index (χ4v) is 5.85. The van der Waals surface area contributed by atoms with Crippen LogP contribution in [-0.2, 0) is 35.6 Å². The van der Waals surface area contributed by atoms with Gasteiger partial charge in [0, 0.05) is 24.6 Å². The van der Waals surface area contributed by atoms with Crippen LogP contribution in [0.25, 0.3) is 0 Å². The lowest BCUT2D eigenvalue weighted by Gasteiger charge is -2.38. The number of nitrogens with one attached hydrogen (secondary N) is 3. The normalized spacial score (nSPS) is 14.2. The predicted octanol–water partition coefficient (Wildman–Crippen LogP) is 4.03. The van der Waals surface area contributed by atoms with Crippen LogP contribution in [0.1, 0.15) is 52.7 Å². The van der Waals surface area contributed by atoms with Gasteiger partial charge in [-0.05, 0) is 42.6 Å². The zero-order valence-electron chi connectivity index (χ0n) is 27.3. The minimum atomic E-state index is -4.95. The topological polar surface area (TPSA) is 134 Å². The summed E-state index contributed by atoms with van der Waals surface area (Å²) >= 11 is 0. The summed E-state index contributed by atoms with van der Waals surface area (Å²) in [5.41, 5.74) is -0.427. The number of nitrogens with zero attached hydrogens (tertiary/aromatic N) is 1. The molecule has 2 aromatic rings. The molecule has 0 radical (unpaired) electrons. The van der Waals surface area contributed by atoms with Crippen molar-refractivity contribution in [3.63, 3.8) is 0 Å². The molecule has 0 saturated carbocycles. The van der Waals surface area contributed by atoms with Gasteiger partial charge >= 0.3 is 6.36 Å². The lowest BCUT2D eigenvalue weighted by Crippen LogP contribution is -2.60. The molecule has 3 N–H and O–H groups in total. The number of hydrogen-bond acceptors (Lipinski definition) is 7. The molecule has 0 aliphatic heterocycles. The summed E-state index contributed by atoms with van der Waals surface area (Å²) in [6.45, 7) is 10.6. The summed E-state index contributed by atoms with van der Waals surface area (Å²) in [6.07, 6.45) is -3.59. The Labute approximate surface area is 268 Å². The van der Waals surface area contributed by atoms with Gasteiger partial charge in [0.15, 0.2) is 0 Å². The minimum Gasteiger partial charge on any atom is -0.406 e. The fourth-order valence-electron chi connectivity index (χ4n) is 4.71. The zero-order valence-corrected chi connectivity index (χ0v) is 28.1. The zero-order chi connectivity index (χ0) is 35.1. The van der Waals surface area contributed by atoms with Crippen LogP contribution in [-0.4, -0.2) is 70.1 Å². The highest BCUT2D eigenvalue weighted by Gasteiger charge is 2.40. The number of sulfonamides is 1. The Bertz CT molecular complexity index is 1520. The van der Waals surface area contributed by atoms with Crippen molar-refractivity contribution >= 4 is 27.7 Å². The number of hydrogen-bond donors (Lipinski definition) is 3. The van der Waals surface area contributed by atoms with Gasteiger partial charge in [-0.2, -0.15) is 0 Å². The Hall–Kier alpha value is -3.91. The molecule has 0 heterocycles. The summed E-state index contributed by atoms with van der Waals surface area (Å²) in [5.74, 6) is -3.14. The van der Waals surface area contributed by atoms with Gasteiger partial charge in [-0.3, -0.25) is 14.4 Å². The lowest BCUT2D eigenvalue weighted by molar-refractivity contribution is -0.274. The molecule has 46 heavy (non-hydrogen) atoms. The quantitative estimate of drug-likeness (QED) is 0.275. The van der Waals surface area contributed by atoms with Gasteiger partial charge in [-0.1, -0.05) is 83.2 Å². The molecule has 2 aromatic carbocycles. The number of rotatable bonds is 13. The van der Waals surface area contributed by atoms with E-state index in [4.69, 9.17) is 0 Å². The first-order chi connectivity index (χ1) is 21.1. The van der Waals surface area contributed by atoms with Gasteiger partial charge in [-0.25, -0.2) is 13.1 Å². The van der Waals surface area contributed by atoms with E-state index in [1.54, 1.807) is 7.05 Å². The Kier molecular flexibility index (Phi) is 12.6. The Balaban J connectivity index is 2.11. The highest BCUT2D eigenvalue weighted by molar-refractivity contribution is 7.89. The second-order valence-electron chi connectivity index (χ2n) is 12.6. The van der Waals surface area contributed by atoms with E-state index >= 15 is 0 Å². The first kappa shape index (κ1) is 38.3. The van der Waals surface area contributed by atoms with Gasteiger partial charge < -0.3 is 20.3 Å². The number of benzene rings is 2. The highest BCUT2D eigenvalue weighted by Crippen LogP contribution is 2.29. The highest BCUT2D eigenvalue weighted by atomic mass is 32.2. The molecule has 14 heteroatoms. The van der Waals surface area contributed by atoms with Crippen molar-refractivity contribution in [2.24, 2.45) is 5.41 Å². The van der Waals surface area contributed by atoms with Crippen LogP contribution < -0.4 is 20.1 Å². The molecule has 0 fully saturated rings. The van der Waals surface area contributed by atoms with Crippen molar-refractivity contribution in [1.29, 1.82) is 0 Å². The molecule has 2 atom stereocenters. The van der Waals surface area contributed by atoms with Crippen LogP contribution in [0.3, 0.4) is 0 Å². The second kappa shape index (κ2) is 15.1. The Morgan fingerprint density at radius 3 is 2.11 bits per heavy atom. The van der Waals surface area contributed by atoms with Crippen molar-refractivity contribution in [3.05, 3.63) is 77.4 Å². The number of carbonyl (C=O) groups excluding carboxylic acids is 3. The molecular weight excluding hydrogens is 625 g/mol. The largest absolute Gasteiger partial charge is 0.573 e. The first-order valence-corrected chi connectivity index (χ1v) is 16.1. The van der Waals surface area contributed by atoms with Crippen molar-refractivity contribution in [3.8, 4) is 5.75 Å². The van der Waals surface area contributed by atoms with Crippen LogP contribution in [0, 0.1) is 5.41 Å². The van der Waals surface area contributed by atoms with E-state index in [0.29, 0.717) is 0 Å². The van der Waals surface area contributed by atoms with E-state index in [2.05, 4.69) is 15.4 Å². The molecule has 0 bridgehead atoms. The van der Waals surface area contributed by atoms with Crippen molar-refractivity contribution in [1.82, 2.24) is 20.3 Å². The number of carbonyl (C=O) groups is 3. The predicted molar refractivity (Wildman–Crippen MR) is 169 cm³/mol. The number of alkyl halides is 3. The second-order valence-corrected chi connectivity index (χ2v) is 14.3. The van der Waals surface area contributed by atoms with Crippen LogP contribution in [0.5, 0.6) is 5.75 Å². The fraction of sp³-hybridized carbons (Fsp3) is 0.469. The maximum Gasteiger partial charge on any atom is 0.573 e. The molecule has 0 aliphatic rings. The Morgan fingerprint density at radius 1 is 0.957 bits per heavy atom. The molecule has 254 valence electrons. The maximum atomic E-state index is 13.6. The third kappa shape index (κ3) is 11.2. The summed E-state index contributed by atoms with van der Waals surface area (Å²) in [5, 5.41) is 5.97. The van der Waals surface area contributed by atoms with E-state index < -0.39 is 62.6 Å². The monoisotopic (exact) mass is 668 g/mol. The van der Waals surface area contributed by atoms with Gasteiger partial charge in [0.2, 0.25) is 21.8 Å². The molecule has 2 rings (SSSR count). The molecule has 10 nitrogen and oxygen atoms in total. The smallest absolute Gasteiger partial charge is 0.406 e. The summed E-state index contributed by atoms with van der Waals surface area (Å²) < 4.78 is 68.3. The molecule has 3 amide bonds. The average molecular weight is 669 g/mol. The van der Waals surface area contributed by atoms with Gasteiger partial charge in [0.1, 0.15) is 11.8 Å². The van der Waals surface area contributed by atoms with E-state index in [-0.39, 0.29) is 23.6 Å². The summed E-state index contributed by atoms with van der Waals surface area (Å²) in [7, 11) is -1.13. The van der Waals surface area contributed by atoms with Crippen molar-refractivity contribution in [2.45, 2.75) is 71.2 Å². The standard InChI is InChI=1S/C32H43F3N4O6S/c1-21(27(40)38-46(43,44)20-22-13-12-16-24(19-22)45-32(33,34)35)17-18-39(8)29(42)26(30(2,3)4)37-28(41)25(36-7)31(5,6)23-14-10-9-11-15-23/h9-17,19,25-26,36H,18,20H2,1-8H3,(H,37,41)(H,38,40)/b21-17+/t25-,26?/m1/s1. The molecule has 1 unspecified atom stereocenters. The van der Waals surface area contributed by atoms with E-state index in [0.717, 1.165) is 17.7 Å². The minimum absolute atomic E-state index is 0.0198. The maximum absolute atomic E-state index is 13.6. The van der Waals surface area contributed by atoms with E-state index in [1.165, 1.54) is 37.1 Å². The van der Waals surface area contributed by atoms with E-state index in [9.17, 15) is 36.0 Å². The lowest BCUT2D eigenvalue weighted by atomic mass is 9.76. The number of ether oxygens (including phenoxy) is 1. The SMILES string of the molecule is CN[C@H](C(=O)NC(C(=O)N(C)C/C=C(\C)C(=O)NS(=O)(=O)Cc1cccc(OC(F)(F)F)c1)C(C)(C)C)C(C)(C)c1ccccc1. The van der Waals surface area contributed by atoms with Crippen LogP contribution >= 0.6 is 0 Å². The number of halogens is 3.